The van der Waals surface area contributed by atoms with Gasteiger partial charge in [-0.2, -0.15) is 0 Å². The van der Waals surface area contributed by atoms with Crippen molar-refractivity contribution in [3.8, 4) is 0 Å². The van der Waals surface area contributed by atoms with Crippen LogP contribution in [0.5, 0.6) is 0 Å². The SMILES string of the molecule is CC(C)N(CC(N)=O)CC(=O)c1cccc(Br)c1. The highest BCUT2D eigenvalue weighted by Crippen LogP contribution is 2.13. The number of carbonyl (C=O) groups is 2. The Balaban J connectivity index is 2.75. The van der Waals surface area contributed by atoms with E-state index in [2.05, 4.69) is 15.9 Å². The van der Waals surface area contributed by atoms with Gasteiger partial charge >= 0.3 is 0 Å². The normalized spacial score (nSPS) is 10.9. The molecule has 4 nitrogen and oxygen atoms in total. The number of ketones is 1. The average Bonchev–Trinajstić information content (AvgIpc) is 2.27. The van der Waals surface area contributed by atoms with Crippen LogP contribution in [-0.4, -0.2) is 35.7 Å². The zero-order chi connectivity index (χ0) is 13.7. The van der Waals surface area contributed by atoms with Crippen LogP contribution in [0.2, 0.25) is 0 Å². The smallest absolute Gasteiger partial charge is 0.231 e. The number of carbonyl (C=O) groups excluding carboxylic acids is 2. The number of hydrogen-bond donors (Lipinski definition) is 1. The van der Waals surface area contributed by atoms with Crippen LogP contribution in [0.25, 0.3) is 0 Å². The lowest BCUT2D eigenvalue weighted by Crippen LogP contribution is -2.41. The lowest BCUT2D eigenvalue weighted by molar-refractivity contribution is -0.119. The molecule has 1 aromatic carbocycles. The lowest BCUT2D eigenvalue weighted by atomic mass is 10.1. The van der Waals surface area contributed by atoms with Crippen molar-refractivity contribution in [2.75, 3.05) is 13.1 Å². The number of amides is 1. The zero-order valence-electron chi connectivity index (χ0n) is 10.5. The molecule has 5 heteroatoms. The maximum atomic E-state index is 12.1. The number of benzene rings is 1. The van der Waals surface area contributed by atoms with Crippen molar-refractivity contribution in [1.29, 1.82) is 0 Å². The van der Waals surface area contributed by atoms with Crippen LogP contribution in [0.4, 0.5) is 0 Å². The first kappa shape index (κ1) is 14.9. The molecule has 0 fully saturated rings. The molecule has 0 radical (unpaired) electrons. The van der Waals surface area contributed by atoms with E-state index in [0.717, 1.165) is 4.47 Å². The number of Topliss-reactive ketones (excluding diaryl/α,β-unsaturated/α-hetero) is 1. The maximum Gasteiger partial charge on any atom is 0.231 e. The van der Waals surface area contributed by atoms with Crippen LogP contribution in [0.1, 0.15) is 24.2 Å². The van der Waals surface area contributed by atoms with E-state index in [1.807, 2.05) is 26.0 Å². The number of rotatable bonds is 6. The molecule has 0 unspecified atom stereocenters. The Morgan fingerprint density at radius 3 is 2.50 bits per heavy atom. The molecule has 0 heterocycles. The summed E-state index contributed by atoms with van der Waals surface area (Å²) in [5, 5.41) is 0. The highest BCUT2D eigenvalue weighted by molar-refractivity contribution is 9.10. The van der Waals surface area contributed by atoms with Gasteiger partial charge in [0.15, 0.2) is 5.78 Å². The largest absolute Gasteiger partial charge is 0.369 e. The summed E-state index contributed by atoms with van der Waals surface area (Å²) in [6.45, 7) is 4.14. The second-order valence-corrected chi connectivity index (χ2v) is 5.31. The Morgan fingerprint density at radius 2 is 2.00 bits per heavy atom. The topological polar surface area (TPSA) is 63.4 Å². The fourth-order valence-corrected chi connectivity index (χ4v) is 1.96. The third kappa shape index (κ3) is 4.58. The van der Waals surface area contributed by atoms with E-state index in [0.29, 0.717) is 5.56 Å². The molecule has 0 atom stereocenters. The van der Waals surface area contributed by atoms with Crippen molar-refractivity contribution in [2.45, 2.75) is 19.9 Å². The molecule has 0 bridgehead atoms. The molecule has 0 aliphatic heterocycles. The highest BCUT2D eigenvalue weighted by Gasteiger charge is 2.17. The first-order chi connectivity index (χ1) is 8.40. The van der Waals surface area contributed by atoms with Crippen LogP contribution >= 0.6 is 15.9 Å². The van der Waals surface area contributed by atoms with Crippen LogP contribution in [0.15, 0.2) is 28.7 Å². The van der Waals surface area contributed by atoms with Crippen molar-refractivity contribution < 1.29 is 9.59 Å². The lowest BCUT2D eigenvalue weighted by Gasteiger charge is -2.24. The molecule has 18 heavy (non-hydrogen) atoms. The molecule has 0 spiro atoms. The fraction of sp³-hybridized carbons (Fsp3) is 0.385. The van der Waals surface area contributed by atoms with Crippen LogP contribution in [0.3, 0.4) is 0 Å². The molecule has 0 aromatic heterocycles. The molecular weight excluding hydrogens is 296 g/mol. The van der Waals surface area contributed by atoms with Crippen molar-refractivity contribution in [2.24, 2.45) is 5.73 Å². The first-order valence-electron chi connectivity index (χ1n) is 5.71. The third-order valence-corrected chi connectivity index (χ3v) is 3.08. The summed E-state index contributed by atoms with van der Waals surface area (Å²) in [6.07, 6.45) is 0. The second kappa shape index (κ2) is 6.66. The summed E-state index contributed by atoms with van der Waals surface area (Å²) in [4.78, 5) is 24.8. The minimum Gasteiger partial charge on any atom is -0.369 e. The average molecular weight is 313 g/mol. The van der Waals surface area contributed by atoms with Gasteiger partial charge in [-0.15, -0.1) is 0 Å². The summed E-state index contributed by atoms with van der Waals surface area (Å²) in [7, 11) is 0. The fourth-order valence-electron chi connectivity index (χ4n) is 1.56. The second-order valence-electron chi connectivity index (χ2n) is 4.40. The number of nitrogens with two attached hydrogens (primary N) is 1. The summed E-state index contributed by atoms with van der Waals surface area (Å²) in [6, 6.07) is 7.29. The van der Waals surface area contributed by atoms with Crippen LogP contribution < -0.4 is 5.73 Å². The third-order valence-electron chi connectivity index (χ3n) is 2.58. The maximum absolute atomic E-state index is 12.1. The van der Waals surface area contributed by atoms with Crippen molar-refractivity contribution in [1.82, 2.24) is 4.90 Å². The van der Waals surface area contributed by atoms with E-state index in [-0.39, 0.29) is 24.9 Å². The van der Waals surface area contributed by atoms with E-state index in [1.54, 1.807) is 17.0 Å². The molecule has 0 saturated carbocycles. The van der Waals surface area contributed by atoms with Crippen LogP contribution in [0, 0.1) is 0 Å². The van der Waals surface area contributed by atoms with Crippen molar-refractivity contribution in [3.05, 3.63) is 34.3 Å². The molecule has 1 aromatic rings. The summed E-state index contributed by atoms with van der Waals surface area (Å²) in [5.74, 6) is -0.447. The number of primary amides is 1. The molecule has 1 amide bonds. The van der Waals surface area contributed by atoms with Gasteiger partial charge in [-0.1, -0.05) is 28.1 Å². The number of nitrogens with zero attached hydrogens (tertiary/aromatic N) is 1. The van der Waals surface area contributed by atoms with E-state index >= 15 is 0 Å². The van der Waals surface area contributed by atoms with E-state index < -0.39 is 5.91 Å². The first-order valence-corrected chi connectivity index (χ1v) is 6.50. The van der Waals surface area contributed by atoms with Gasteiger partial charge in [-0.3, -0.25) is 14.5 Å². The molecular formula is C13H17BrN2O2. The Morgan fingerprint density at radius 1 is 1.33 bits per heavy atom. The predicted octanol–water partition coefficient (Wildman–Crippen LogP) is 1.83. The van der Waals surface area contributed by atoms with E-state index in [1.165, 1.54) is 0 Å². The van der Waals surface area contributed by atoms with E-state index in [4.69, 9.17) is 5.73 Å². The van der Waals surface area contributed by atoms with Gasteiger partial charge < -0.3 is 5.73 Å². The predicted molar refractivity (Wildman–Crippen MR) is 74.4 cm³/mol. The Labute approximate surface area is 115 Å². The van der Waals surface area contributed by atoms with Crippen molar-refractivity contribution in [3.63, 3.8) is 0 Å². The number of hydrogen-bond acceptors (Lipinski definition) is 3. The van der Waals surface area contributed by atoms with Gasteiger partial charge in [-0.25, -0.2) is 0 Å². The molecule has 0 aliphatic carbocycles. The molecule has 0 saturated heterocycles. The molecule has 2 N–H and O–H groups in total. The summed E-state index contributed by atoms with van der Waals surface area (Å²) < 4.78 is 0.861. The van der Waals surface area contributed by atoms with Crippen LogP contribution in [-0.2, 0) is 4.79 Å². The molecule has 98 valence electrons. The summed E-state index contributed by atoms with van der Waals surface area (Å²) in [5.41, 5.74) is 5.79. The van der Waals surface area contributed by atoms with Crippen molar-refractivity contribution >= 4 is 27.6 Å². The molecule has 1 rings (SSSR count). The van der Waals surface area contributed by atoms with Gasteiger partial charge in [0, 0.05) is 16.1 Å². The highest BCUT2D eigenvalue weighted by atomic mass is 79.9. The van der Waals surface area contributed by atoms with Gasteiger partial charge in [0.05, 0.1) is 13.1 Å². The number of halogens is 1. The Hall–Kier alpha value is -1.20. The van der Waals surface area contributed by atoms with Gasteiger partial charge in [0.25, 0.3) is 0 Å². The Kier molecular flexibility index (Phi) is 5.50. The minimum atomic E-state index is -0.425. The quantitative estimate of drug-likeness (QED) is 0.815. The van der Waals surface area contributed by atoms with E-state index in [9.17, 15) is 9.59 Å². The minimum absolute atomic E-state index is 0.0220. The monoisotopic (exact) mass is 312 g/mol. The Bertz CT molecular complexity index is 446. The summed E-state index contributed by atoms with van der Waals surface area (Å²) >= 11 is 3.33. The van der Waals surface area contributed by atoms with Gasteiger partial charge in [0.1, 0.15) is 0 Å². The standard InChI is InChI=1S/C13H17BrN2O2/c1-9(2)16(8-13(15)18)7-12(17)10-4-3-5-11(14)6-10/h3-6,9H,7-8H2,1-2H3,(H2,15,18). The van der Waals surface area contributed by atoms with Gasteiger partial charge in [-0.05, 0) is 26.0 Å². The zero-order valence-corrected chi connectivity index (χ0v) is 12.1. The molecule has 0 aliphatic rings. The van der Waals surface area contributed by atoms with Gasteiger partial charge in [0.2, 0.25) is 5.91 Å².